The molecule has 0 atom stereocenters. The number of aryl methyl sites for hydroxylation is 1. The van der Waals surface area contributed by atoms with E-state index in [2.05, 4.69) is 26.3 Å². The second-order valence-electron chi connectivity index (χ2n) is 4.57. The van der Waals surface area contributed by atoms with Crippen LogP contribution in [0.25, 0.3) is 0 Å². The summed E-state index contributed by atoms with van der Waals surface area (Å²) in [5, 5.41) is 7.01. The Morgan fingerprint density at radius 2 is 1.90 bits per heavy atom. The molecule has 0 aliphatic heterocycles. The SMILES string of the molecule is Cn1ncc(NCc2ccc(S(C)(=O)=O)cc2)c(Br)c1=O. The number of nitrogens with zero attached hydrogens (tertiary/aromatic N) is 2. The Morgan fingerprint density at radius 1 is 1.29 bits per heavy atom. The molecule has 1 heterocycles. The van der Waals surface area contributed by atoms with E-state index in [9.17, 15) is 13.2 Å². The number of aromatic nitrogens is 2. The van der Waals surface area contributed by atoms with E-state index in [-0.39, 0.29) is 10.5 Å². The first-order valence-corrected chi connectivity index (χ1v) is 8.72. The first kappa shape index (κ1) is 15.7. The van der Waals surface area contributed by atoms with Gasteiger partial charge in [0.25, 0.3) is 5.56 Å². The molecule has 21 heavy (non-hydrogen) atoms. The Bertz CT molecular complexity index is 814. The van der Waals surface area contributed by atoms with Crippen LogP contribution < -0.4 is 10.9 Å². The molecule has 1 aromatic carbocycles. The lowest BCUT2D eigenvalue weighted by Gasteiger charge is -2.09. The molecule has 8 heteroatoms. The number of benzene rings is 1. The molecule has 0 saturated carbocycles. The number of rotatable bonds is 4. The Labute approximate surface area is 130 Å². The molecule has 0 saturated heterocycles. The van der Waals surface area contributed by atoms with Crippen molar-refractivity contribution in [3.63, 3.8) is 0 Å². The van der Waals surface area contributed by atoms with Gasteiger partial charge in [-0.15, -0.1) is 0 Å². The van der Waals surface area contributed by atoms with Crippen molar-refractivity contribution in [2.24, 2.45) is 7.05 Å². The van der Waals surface area contributed by atoms with Crippen molar-refractivity contribution in [2.45, 2.75) is 11.4 Å². The summed E-state index contributed by atoms with van der Waals surface area (Å²) >= 11 is 3.23. The van der Waals surface area contributed by atoms with Gasteiger partial charge in [-0.3, -0.25) is 4.79 Å². The maximum Gasteiger partial charge on any atom is 0.282 e. The lowest BCUT2D eigenvalue weighted by atomic mass is 10.2. The Hall–Kier alpha value is -1.67. The molecule has 0 aliphatic carbocycles. The maximum atomic E-state index is 11.7. The minimum absolute atomic E-state index is 0.229. The average Bonchev–Trinajstić information content (AvgIpc) is 2.43. The van der Waals surface area contributed by atoms with Gasteiger partial charge in [-0.2, -0.15) is 5.10 Å². The van der Waals surface area contributed by atoms with Crippen molar-refractivity contribution in [3.8, 4) is 0 Å². The predicted molar refractivity (Wildman–Crippen MR) is 84.1 cm³/mol. The second-order valence-corrected chi connectivity index (χ2v) is 7.38. The molecule has 0 unspecified atom stereocenters. The van der Waals surface area contributed by atoms with Crippen LogP contribution in [0.1, 0.15) is 5.56 Å². The monoisotopic (exact) mass is 371 g/mol. The van der Waals surface area contributed by atoms with Crippen LogP contribution in [-0.2, 0) is 23.4 Å². The van der Waals surface area contributed by atoms with Crippen molar-refractivity contribution in [2.75, 3.05) is 11.6 Å². The summed E-state index contributed by atoms with van der Waals surface area (Å²) in [4.78, 5) is 12.0. The average molecular weight is 372 g/mol. The number of sulfone groups is 1. The molecule has 112 valence electrons. The number of hydrogen-bond acceptors (Lipinski definition) is 5. The highest BCUT2D eigenvalue weighted by Gasteiger charge is 2.08. The van der Waals surface area contributed by atoms with E-state index >= 15 is 0 Å². The van der Waals surface area contributed by atoms with Gasteiger partial charge in [0, 0.05) is 19.8 Å². The summed E-state index contributed by atoms with van der Waals surface area (Å²) in [6.45, 7) is 0.456. The summed E-state index contributed by atoms with van der Waals surface area (Å²) < 4.78 is 24.4. The molecule has 0 amide bonds. The molecule has 6 nitrogen and oxygen atoms in total. The van der Waals surface area contributed by atoms with E-state index < -0.39 is 9.84 Å². The van der Waals surface area contributed by atoms with Crippen LogP contribution in [0.4, 0.5) is 5.69 Å². The first-order chi connectivity index (χ1) is 9.79. The van der Waals surface area contributed by atoms with Crippen LogP contribution in [0.3, 0.4) is 0 Å². The van der Waals surface area contributed by atoms with Crippen LogP contribution in [0.15, 0.2) is 44.6 Å². The second kappa shape index (κ2) is 5.98. The molecule has 0 aliphatic rings. The number of anilines is 1. The van der Waals surface area contributed by atoms with Gasteiger partial charge < -0.3 is 5.32 Å². The summed E-state index contributed by atoms with van der Waals surface area (Å²) in [7, 11) is -1.62. The summed E-state index contributed by atoms with van der Waals surface area (Å²) in [5.74, 6) is 0. The minimum atomic E-state index is -3.19. The van der Waals surface area contributed by atoms with Gasteiger partial charge in [-0.1, -0.05) is 12.1 Å². The standard InChI is InChI=1S/C13H14BrN3O3S/c1-17-13(18)12(14)11(8-16-17)15-7-9-3-5-10(6-4-9)21(2,19)20/h3-6,8,15H,7H2,1-2H3. The zero-order valence-electron chi connectivity index (χ0n) is 11.5. The Balaban J connectivity index is 2.14. The molecule has 2 aromatic rings. The minimum Gasteiger partial charge on any atom is -0.379 e. The fourth-order valence-corrected chi connectivity index (χ4v) is 2.82. The van der Waals surface area contributed by atoms with Crippen LogP contribution in [0, 0.1) is 0 Å². The molecular formula is C13H14BrN3O3S. The molecule has 1 N–H and O–H groups in total. The summed E-state index contributed by atoms with van der Waals surface area (Å²) in [6.07, 6.45) is 2.72. The van der Waals surface area contributed by atoms with Crippen LogP contribution in [0.2, 0.25) is 0 Å². The van der Waals surface area contributed by atoms with E-state index in [0.717, 1.165) is 5.56 Å². The van der Waals surface area contributed by atoms with Crippen LogP contribution in [-0.4, -0.2) is 24.5 Å². The van der Waals surface area contributed by atoms with Crippen molar-refractivity contribution >= 4 is 31.5 Å². The van der Waals surface area contributed by atoms with Gasteiger partial charge >= 0.3 is 0 Å². The smallest absolute Gasteiger partial charge is 0.282 e. The van der Waals surface area contributed by atoms with E-state index in [1.54, 1.807) is 37.5 Å². The van der Waals surface area contributed by atoms with Gasteiger partial charge in [0.05, 0.1) is 16.8 Å². The largest absolute Gasteiger partial charge is 0.379 e. The first-order valence-electron chi connectivity index (χ1n) is 6.03. The Morgan fingerprint density at radius 3 is 2.48 bits per heavy atom. The predicted octanol–water partition coefficient (Wildman–Crippen LogP) is 1.56. The van der Waals surface area contributed by atoms with Crippen molar-refractivity contribution in [3.05, 3.63) is 50.9 Å². The van der Waals surface area contributed by atoms with E-state index in [4.69, 9.17) is 0 Å². The van der Waals surface area contributed by atoms with Gasteiger partial charge in [-0.25, -0.2) is 13.1 Å². The van der Waals surface area contributed by atoms with Crippen molar-refractivity contribution < 1.29 is 8.42 Å². The molecular weight excluding hydrogens is 358 g/mol. The Kier molecular flexibility index (Phi) is 4.48. The third-order valence-electron chi connectivity index (χ3n) is 2.91. The lowest BCUT2D eigenvalue weighted by Crippen LogP contribution is -2.21. The van der Waals surface area contributed by atoms with Gasteiger partial charge in [0.2, 0.25) is 0 Å². The van der Waals surface area contributed by atoms with E-state index in [1.807, 2.05) is 0 Å². The number of hydrogen-bond donors (Lipinski definition) is 1. The summed E-state index contributed by atoms with van der Waals surface area (Å²) in [6, 6.07) is 6.57. The molecule has 0 spiro atoms. The zero-order valence-corrected chi connectivity index (χ0v) is 13.9. The quantitative estimate of drug-likeness (QED) is 0.881. The number of nitrogens with one attached hydrogen (secondary N) is 1. The van der Waals surface area contributed by atoms with Crippen molar-refractivity contribution in [1.82, 2.24) is 9.78 Å². The third-order valence-corrected chi connectivity index (χ3v) is 4.81. The normalized spacial score (nSPS) is 11.4. The van der Waals surface area contributed by atoms with Crippen molar-refractivity contribution in [1.29, 1.82) is 0 Å². The van der Waals surface area contributed by atoms with E-state index in [0.29, 0.717) is 16.7 Å². The van der Waals surface area contributed by atoms with Crippen LogP contribution >= 0.6 is 15.9 Å². The molecule has 2 rings (SSSR count). The van der Waals surface area contributed by atoms with Crippen LogP contribution in [0.5, 0.6) is 0 Å². The highest BCUT2D eigenvalue weighted by molar-refractivity contribution is 9.10. The molecule has 1 aromatic heterocycles. The molecule has 0 bridgehead atoms. The van der Waals surface area contributed by atoms with Gasteiger partial charge in [0.15, 0.2) is 9.84 Å². The van der Waals surface area contributed by atoms with Gasteiger partial charge in [-0.05, 0) is 33.6 Å². The molecule has 0 fully saturated rings. The highest BCUT2D eigenvalue weighted by Crippen LogP contribution is 2.17. The fourth-order valence-electron chi connectivity index (χ4n) is 1.69. The lowest BCUT2D eigenvalue weighted by molar-refractivity contribution is 0.602. The fraction of sp³-hybridized carbons (Fsp3) is 0.231. The topological polar surface area (TPSA) is 81.1 Å². The maximum absolute atomic E-state index is 11.7. The zero-order chi connectivity index (χ0) is 15.6. The van der Waals surface area contributed by atoms with E-state index in [1.165, 1.54) is 10.9 Å². The molecule has 0 radical (unpaired) electrons. The third kappa shape index (κ3) is 3.70. The summed E-state index contributed by atoms with van der Waals surface area (Å²) in [5.41, 5.74) is 1.26. The van der Waals surface area contributed by atoms with Gasteiger partial charge in [0.1, 0.15) is 4.47 Å². The number of halogens is 1. The highest BCUT2D eigenvalue weighted by atomic mass is 79.9.